The maximum atomic E-state index is 4.28. The van der Waals surface area contributed by atoms with E-state index in [-0.39, 0.29) is 0 Å². The Morgan fingerprint density at radius 1 is 1.45 bits per heavy atom. The van der Waals surface area contributed by atoms with Crippen molar-refractivity contribution in [1.82, 2.24) is 4.98 Å². The molecular weight excluding hydrogens is 154 g/mol. The van der Waals surface area contributed by atoms with E-state index in [1.807, 2.05) is 0 Å². The number of rotatable bonds is 0. The van der Waals surface area contributed by atoms with Gasteiger partial charge in [-0.05, 0) is 24.6 Å². The number of nitrogens with zero attached hydrogens (tertiary/aromatic N) is 1. The molecule has 0 unspecified atom stereocenters. The summed E-state index contributed by atoms with van der Waals surface area (Å²) in [6.45, 7) is 5.87. The molecule has 0 saturated carbocycles. The Balaban J connectivity index is 2.82. The van der Waals surface area contributed by atoms with Crippen molar-refractivity contribution in [3.05, 3.63) is 35.7 Å². The first kappa shape index (κ1) is 6.80. The van der Waals surface area contributed by atoms with Gasteiger partial charge in [-0.25, -0.2) is 4.98 Å². The van der Waals surface area contributed by atoms with Crippen LogP contribution < -0.4 is 0 Å². The lowest BCUT2D eigenvalue weighted by Crippen LogP contribution is -1.71. The molecular formula is C9H8NS. The number of aryl methyl sites for hydroxylation is 1. The molecule has 0 aliphatic heterocycles. The molecule has 1 nitrogen and oxygen atoms in total. The van der Waals surface area contributed by atoms with Crippen LogP contribution in [0.4, 0.5) is 0 Å². The second-order valence-electron chi connectivity index (χ2n) is 2.58. The van der Waals surface area contributed by atoms with Crippen LogP contribution >= 0.6 is 11.3 Å². The molecule has 0 bridgehead atoms. The third-order valence-electron chi connectivity index (χ3n) is 1.59. The average molecular weight is 162 g/mol. The van der Waals surface area contributed by atoms with Crippen LogP contribution in [-0.2, 0) is 0 Å². The fourth-order valence-corrected chi connectivity index (χ4v) is 1.83. The lowest BCUT2D eigenvalue weighted by Gasteiger charge is -1.88. The van der Waals surface area contributed by atoms with Crippen molar-refractivity contribution < 1.29 is 0 Å². The number of aromatic nitrogens is 1. The van der Waals surface area contributed by atoms with Crippen LogP contribution in [0.5, 0.6) is 0 Å². The molecule has 1 aromatic carbocycles. The topological polar surface area (TPSA) is 12.9 Å². The lowest BCUT2D eigenvalue weighted by atomic mass is 10.2. The Hall–Kier alpha value is -0.890. The van der Waals surface area contributed by atoms with Gasteiger partial charge in [-0.2, -0.15) is 0 Å². The number of hydrogen-bond acceptors (Lipinski definition) is 2. The summed E-state index contributed by atoms with van der Waals surface area (Å²) in [5, 5.41) is 0.894. The summed E-state index contributed by atoms with van der Waals surface area (Å²) < 4.78 is 1.22. The van der Waals surface area contributed by atoms with Crippen molar-refractivity contribution in [3.8, 4) is 0 Å². The highest BCUT2D eigenvalue weighted by atomic mass is 32.1. The summed E-state index contributed by atoms with van der Waals surface area (Å²) in [7, 11) is 0. The maximum absolute atomic E-state index is 4.28. The van der Waals surface area contributed by atoms with Gasteiger partial charge in [-0.1, -0.05) is 6.07 Å². The van der Waals surface area contributed by atoms with Gasteiger partial charge in [0.05, 0.1) is 15.2 Å². The molecule has 1 heterocycles. The third-order valence-corrected chi connectivity index (χ3v) is 2.48. The first-order valence-electron chi connectivity index (χ1n) is 3.45. The highest BCUT2D eigenvalue weighted by Crippen LogP contribution is 2.21. The van der Waals surface area contributed by atoms with Gasteiger partial charge in [0.25, 0.3) is 0 Å². The molecule has 1 radical (unpaired) electrons. The summed E-state index contributed by atoms with van der Waals surface area (Å²) in [6, 6.07) is 6.28. The van der Waals surface area contributed by atoms with Crippen LogP contribution in [-0.4, -0.2) is 4.98 Å². The second kappa shape index (κ2) is 2.31. The highest BCUT2D eigenvalue weighted by molar-refractivity contribution is 7.18. The van der Waals surface area contributed by atoms with Gasteiger partial charge < -0.3 is 0 Å². The smallest absolute Gasteiger partial charge is 0.0942 e. The number of fused-ring (bicyclic) bond motifs is 1. The molecule has 1 aromatic heterocycles. The zero-order valence-corrected chi connectivity index (χ0v) is 7.11. The van der Waals surface area contributed by atoms with Crippen LogP contribution in [0.1, 0.15) is 10.6 Å². The minimum Gasteiger partial charge on any atom is -0.241 e. The van der Waals surface area contributed by atoms with Crippen molar-refractivity contribution in [2.24, 2.45) is 0 Å². The van der Waals surface area contributed by atoms with E-state index in [4.69, 9.17) is 0 Å². The predicted octanol–water partition coefficient (Wildman–Crippen LogP) is 2.79. The number of thiazole rings is 1. The van der Waals surface area contributed by atoms with E-state index < -0.39 is 0 Å². The van der Waals surface area contributed by atoms with E-state index in [1.54, 1.807) is 11.3 Å². The summed E-state index contributed by atoms with van der Waals surface area (Å²) in [5.74, 6) is 0. The monoisotopic (exact) mass is 162 g/mol. The Morgan fingerprint density at radius 3 is 3.09 bits per heavy atom. The van der Waals surface area contributed by atoms with E-state index in [0.29, 0.717) is 0 Å². The van der Waals surface area contributed by atoms with Crippen molar-refractivity contribution in [1.29, 1.82) is 0 Å². The molecule has 2 rings (SSSR count). The van der Waals surface area contributed by atoms with Gasteiger partial charge in [0.1, 0.15) is 0 Å². The molecule has 2 aromatic rings. The summed E-state index contributed by atoms with van der Waals surface area (Å²) in [6.07, 6.45) is 0. The lowest BCUT2D eigenvalue weighted by molar-refractivity contribution is 1.41. The van der Waals surface area contributed by atoms with Crippen molar-refractivity contribution in [2.45, 2.75) is 6.92 Å². The molecule has 0 saturated heterocycles. The molecule has 11 heavy (non-hydrogen) atoms. The van der Waals surface area contributed by atoms with E-state index in [1.165, 1.54) is 10.3 Å². The SMILES string of the molecule is [CH2]c1nc2cc(C)ccc2s1. The van der Waals surface area contributed by atoms with E-state index in [0.717, 1.165) is 10.5 Å². The first-order chi connectivity index (χ1) is 5.25. The zero-order valence-electron chi connectivity index (χ0n) is 6.29. The third kappa shape index (κ3) is 1.14. The normalized spacial score (nSPS) is 10.7. The molecule has 0 atom stereocenters. The van der Waals surface area contributed by atoms with Gasteiger partial charge in [0.2, 0.25) is 0 Å². The molecule has 0 N–H and O–H groups in total. The average Bonchev–Trinajstić information content (AvgIpc) is 2.27. The second-order valence-corrected chi connectivity index (χ2v) is 3.69. The number of benzene rings is 1. The largest absolute Gasteiger partial charge is 0.241 e. The molecule has 2 heteroatoms. The van der Waals surface area contributed by atoms with Crippen LogP contribution in [0.2, 0.25) is 0 Å². The highest BCUT2D eigenvalue weighted by Gasteiger charge is 1.98. The van der Waals surface area contributed by atoms with Crippen molar-refractivity contribution >= 4 is 21.6 Å². The molecule has 0 aliphatic carbocycles. The predicted molar refractivity (Wildman–Crippen MR) is 48.8 cm³/mol. The molecule has 0 amide bonds. The van der Waals surface area contributed by atoms with Crippen LogP contribution in [0.3, 0.4) is 0 Å². The fourth-order valence-electron chi connectivity index (χ4n) is 1.09. The van der Waals surface area contributed by atoms with Gasteiger partial charge >= 0.3 is 0 Å². The Kier molecular flexibility index (Phi) is 1.43. The van der Waals surface area contributed by atoms with Gasteiger partial charge in [0.15, 0.2) is 0 Å². The first-order valence-corrected chi connectivity index (χ1v) is 4.26. The molecule has 0 aliphatic rings. The minimum atomic E-state index is 0.894. The van der Waals surface area contributed by atoms with Crippen molar-refractivity contribution in [3.63, 3.8) is 0 Å². The minimum absolute atomic E-state index is 0.894. The summed E-state index contributed by atoms with van der Waals surface area (Å²) in [4.78, 5) is 4.28. The summed E-state index contributed by atoms with van der Waals surface area (Å²) in [5.41, 5.74) is 2.32. The molecule has 0 fully saturated rings. The fraction of sp³-hybridized carbons (Fsp3) is 0.111. The number of hydrogen-bond donors (Lipinski definition) is 0. The standard InChI is InChI=1S/C9H8NS/c1-6-3-4-9-8(5-6)10-7(2)11-9/h3-5H,2H2,1H3. The molecule has 55 valence electrons. The van der Waals surface area contributed by atoms with Crippen LogP contribution in [0, 0.1) is 13.8 Å². The van der Waals surface area contributed by atoms with E-state index in [9.17, 15) is 0 Å². The Bertz CT molecular complexity index is 389. The summed E-state index contributed by atoms with van der Waals surface area (Å²) >= 11 is 1.64. The Morgan fingerprint density at radius 2 is 2.27 bits per heavy atom. The Labute approximate surface area is 69.7 Å². The quantitative estimate of drug-likeness (QED) is 0.580. The van der Waals surface area contributed by atoms with Gasteiger partial charge in [-0.15, -0.1) is 11.3 Å². The molecule has 0 spiro atoms. The van der Waals surface area contributed by atoms with Crippen molar-refractivity contribution in [2.75, 3.05) is 0 Å². The zero-order chi connectivity index (χ0) is 7.84. The van der Waals surface area contributed by atoms with E-state index >= 15 is 0 Å². The van der Waals surface area contributed by atoms with Gasteiger partial charge in [0, 0.05) is 6.92 Å². The van der Waals surface area contributed by atoms with Crippen LogP contribution in [0.25, 0.3) is 10.2 Å². The van der Waals surface area contributed by atoms with E-state index in [2.05, 4.69) is 37.0 Å². The van der Waals surface area contributed by atoms with Gasteiger partial charge in [-0.3, -0.25) is 0 Å². The van der Waals surface area contributed by atoms with Crippen LogP contribution in [0.15, 0.2) is 18.2 Å². The maximum Gasteiger partial charge on any atom is 0.0942 e.